The van der Waals surface area contributed by atoms with E-state index >= 15 is 0 Å². The van der Waals surface area contributed by atoms with E-state index in [1.807, 2.05) is 24.3 Å². The molecule has 0 unspecified atom stereocenters. The molecule has 0 fully saturated rings. The van der Waals surface area contributed by atoms with Gasteiger partial charge in [-0.3, -0.25) is 4.79 Å². The first-order valence-corrected chi connectivity index (χ1v) is 9.01. The van der Waals surface area contributed by atoms with Crippen LogP contribution < -0.4 is 15.5 Å². The van der Waals surface area contributed by atoms with Crippen LogP contribution in [0.2, 0.25) is 0 Å². The SMILES string of the molecule is COc1cc2c(cc1Cc1cccc(C#N)c1)C[C@H](N)C(=O)N2OC(=O)N(C)C. The molecule has 2 aromatic carbocycles. The van der Waals surface area contributed by atoms with E-state index in [4.69, 9.17) is 20.6 Å². The van der Waals surface area contributed by atoms with E-state index < -0.39 is 18.0 Å². The molecule has 1 heterocycles. The lowest BCUT2D eigenvalue weighted by Gasteiger charge is -2.32. The molecule has 2 aromatic rings. The summed E-state index contributed by atoms with van der Waals surface area (Å²) in [5.74, 6) is 0.0458. The van der Waals surface area contributed by atoms with Crippen LogP contribution >= 0.6 is 0 Å². The van der Waals surface area contributed by atoms with E-state index in [2.05, 4.69) is 6.07 Å². The molecular formula is C21H22N4O4. The molecule has 150 valence electrons. The minimum absolute atomic E-state index is 0.319. The van der Waals surface area contributed by atoms with Gasteiger partial charge in [0.25, 0.3) is 5.91 Å². The van der Waals surface area contributed by atoms with Gasteiger partial charge >= 0.3 is 6.09 Å². The van der Waals surface area contributed by atoms with Gasteiger partial charge in [0.1, 0.15) is 5.75 Å². The highest BCUT2D eigenvalue weighted by atomic mass is 16.7. The second-order valence-corrected chi connectivity index (χ2v) is 6.98. The average Bonchev–Trinajstić information content (AvgIpc) is 2.71. The Morgan fingerprint density at radius 1 is 1.34 bits per heavy atom. The maximum atomic E-state index is 12.5. The Bertz CT molecular complexity index is 997. The van der Waals surface area contributed by atoms with Crippen molar-refractivity contribution in [3.05, 3.63) is 58.7 Å². The van der Waals surface area contributed by atoms with Crippen LogP contribution in [-0.4, -0.2) is 44.1 Å². The number of rotatable bonds is 4. The number of hydrogen-bond acceptors (Lipinski definition) is 6. The van der Waals surface area contributed by atoms with Crippen LogP contribution in [0.5, 0.6) is 5.75 Å². The Kier molecular flexibility index (Phi) is 5.71. The molecule has 0 saturated heterocycles. The van der Waals surface area contributed by atoms with Gasteiger partial charge in [0, 0.05) is 26.6 Å². The molecule has 1 aliphatic heterocycles. The number of carbonyl (C=O) groups is 2. The van der Waals surface area contributed by atoms with Gasteiger partial charge in [-0.1, -0.05) is 12.1 Å². The van der Waals surface area contributed by atoms with Gasteiger partial charge in [-0.05, 0) is 41.3 Å². The number of fused-ring (bicyclic) bond motifs is 1. The van der Waals surface area contributed by atoms with Crippen LogP contribution in [0, 0.1) is 11.3 Å². The molecule has 29 heavy (non-hydrogen) atoms. The second-order valence-electron chi connectivity index (χ2n) is 6.98. The zero-order valence-corrected chi connectivity index (χ0v) is 16.5. The Morgan fingerprint density at radius 2 is 2.10 bits per heavy atom. The number of hydroxylamine groups is 1. The van der Waals surface area contributed by atoms with E-state index in [0.717, 1.165) is 21.8 Å². The summed E-state index contributed by atoms with van der Waals surface area (Å²) in [7, 11) is 4.58. The molecule has 0 saturated carbocycles. The van der Waals surface area contributed by atoms with Crippen molar-refractivity contribution in [2.75, 3.05) is 26.3 Å². The van der Waals surface area contributed by atoms with Crippen molar-refractivity contribution >= 4 is 17.7 Å². The summed E-state index contributed by atoms with van der Waals surface area (Å²) in [5, 5.41) is 10.0. The fourth-order valence-electron chi connectivity index (χ4n) is 3.16. The van der Waals surface area contributed by atoms with Gasteiger partial charge in [-0.25, -0.2) is 4.79 Å². The third kappa shape index (κ3) is 4.15. The van der Waals surface area contributed by atoms with Crippen LogP contribution in [-0.2, 0) is 22.5 Å². The molecule has 0 aromatic heterocycles. The molecule has 0 bridgehead atoms. The second kappa shape index (κ2) is 8.20. The molecular weight excluding hydrogens is 372 g/mol. The third-order valence-corrected chi connectivity index (χ3v) is 4.64. The molecule has 8 heteroatoms. The topological polar surface area (TPSA) is 109 Å². The van der Waals surface area contributed by atoms with Crippen molar-refractivity contribution in [3.8, 4) is 11.8 Å². The number of carbonyl (C=O) groups excluding carboxylic acids is 2. The average molecular weight is 394 g/mol. The van der Waals surface area contributed by atoms with E-state index in [1.165, 1.54) is 26.1 Å². The summed E-state index contributed by atoms with van der Waals surface area (Å²) < 4.78 is 5.52. The van der Waals surface area contributed by atoms with Crippen molar-refractivity contribution in [2.24, 2.45) is 5.73 Å². The highest BCUT2D eigenvalue weighted by molar-refractivity contribution is 6.00. The first-order valence-electron chi connectivity index (χ1n) is 9.01. The van der Waals surface area contributed by atoms with E-state index in [0.29, 0.717) is 29.8 Å². The Morgan fingerprint density at radius 3 is 2.76 bits per heavy atom. The van der Waals surface area contributed by atoms with Crippen molar-refractivity contribution in [1.82, 2.24) is 4.90 Å². The predicted molar refractivity (Wildman–Crippen MR) is 106 cm³/mol. The van der Waals surface area contributed by atoms with Crippen molar-refractivity contribution in [3.63, 3.8) is 0 Å². The minimum atomic E-state index is -0.819. The normalized spacial score (nSPS) is 15.3. The Balaban J connectivity index is 2.01. The van der Waals surface area contributed by atoms with Crippen molar-refractivity contribution in [2.45, 2.75) is 18.9 Å². The molecule has 1 atom stereocenters. The fourth-order valence-corrected chi connectivity index (χ4v) is 3.16. The number of nitrogens with zero attached hydrogens (tertiary/aromatic N) is 3. The molecule has 2 amide bonds. The molecule has 0 radical (unpaired) electrons. The highest BCUT2D eigenvalue weighted by Crippen LogP contribution is 2.35. The number of amides is 2. The van der Waals surface area contributed by atoms with Crippen LogP contribution in [0.3, 0.4) is 0 Å². The van der Waals surface area contributed by atoms with E-state index in [-0.39, 0.29) is 0 Å². The summed E-state index contributed by atoms with van der Waals surface area (Å²) in [6.45, 7) is 0. The van der Waals surface area contributed by atoms with Crippen LogP contribution in [0.1, 0.15) is 22.3 Å². The minimum Gasteiger partial charge on any atom is -0.496 e. The number of nitrogens with two attached hydrogens (primary N) is 1. The van der Waals surface area contributed by atoms with Gasteiger partial charge < -0.3 is 20.2 Å². The predicted octanol–water partition coefficient (Wildman–Crippen LogP) is 1.99. The zero-order chi connectivity index (χ0) is 21.1. The molecule has 1 aliphatic rings. The number of hydrogen-bond donors (Lipinski definition) is 1. The molecule has 0 spiro atoms. The number of nitriles is 1. The fraction of sp³-hybridized carbons (Fsp3) is 0.286. The highest BCUT2D eigenvalue weighted by Gasteiger charge is 2.35. The maximum Gasteiger partial charge on any atom is 0.434 e. The summed E-state index contributed by atoms with van der Waals surface area (Å²) in [5.41, 5.74) is 9.59. The first-order chi connectivity index (χ1) is 13.8. The van der Waals surface area contributed by atoms with Crippen molar-refractivity contribution < 1.29 is 19.2 Å². The smallest absolute Gasteiger partial charge is 0.434 e. The lowest BCUT2D eigenvalue weighted by Crippen LogP contribution is -2.50. The van der Waals surface area contributed by atoms with Crippen molar-refractivity contribution in [1.29, 1.82) is 5.26 Å². The quantitative estimate of drug-likeness (QED) is 0.849. The summed E-state index contributed by atoms with van der Waals surface area (Å²) in [6.07, 6.45) is 0.168. The van der Waals surface area contributed by atoms with Crippen LogP contribution in [0.4, 0.5) is 10.5 Å². The van der Waals surface area contributed by atoms with Gasteiger partial charge in [0.05, 0.1) is 30.5 Å². The summed E-state index contributed by atoms with van der Waals surface area (Å²) in [4.78, 5) is 31.0. The van der Waals surface area contributed by atoms with Crippen LogP contribution in [0.25, 0.3) is 0 Å². The summed E-state index contributed by atoms with van der Waals surface area (Å²) in [6, 6.07) is 12.2. The summed E-state index contributed by atoms with van der Waals surface area (Å²) >= 11 is 0. The maximum absolute atomic E-state index is 12.5. The van der Waals surface area contributed by atoms with Gasteiger partial charge in [-0.2, -0.15) is 5.26 Å². The first kappa shape index (κ1) is 20.2. The van der Waals surface area contributed by atoms with Crippen LogP contribution in [0.15, 0.2) is 36.4 Å². The zero-order valence-electron chi connectivity index (χ0n) is 16.5. The lowest BCUT2D eigenvalue weighted by molar-refractivity contribution is -0.125. The monoisotopic (exact) mass is 394 g/mol. The number of ether oxygens (including phenoxy) is 1. The largest absolute Gasteiger partial charge is 0.496 e. The van der Waals surface area contributed by atoms with Gasteiger partial charge in [0.15, 0.2) is 0 Å². The molecule has 8 nitrogen and oxygen atoms in total. The van der Waals surface area contributed by atoms with Gasteiger partial charge in [0.2, 0.25) is 0 Å². The van der Waals surface area contributed by atoms with E-state index in [1.54, 1.807) is 12.1 Å². The van der Waals surface area contributed by atoms with Gasteiger partial charge in [-0.15, -0.1) is 5.06 Å². The lowest BCUT2D eigenvalue weighted by atomic mass is 9.94. The molecule has 0 aliphatic carbocycles. The Hall–Kier alpha value is -3.57. The Labute approximate surface area is 169 Å². The molecule has 2 N–H and O–H groups in total. The molecule has 3 rings (SSSR count). The van der Waals surface area contributed by atoms with E-state index in [9.17, 15) is 9.59 Å². The number of methoxy groups -OCH3 is 1. The standard InChI is InChI=1S/C21H22N4O4/c1-24(2)21(27)29-25-18-11-19(28-3)16(9-15(18)10-17(23)20(25)26)8-13-5-4-6-14(7-13)12-22/h4-7,9,11,17H,8,10,23H2,1-3H3/t17-/m0/s1. The number of benzene rings is 2. The third-order valence-electron chi connectivity index (χ3n) is 4.64. The number of anilines is 1.